The second kappa shape index (κ2) is 10.1. The van der Waals surface area contributed by atoms with E-state index < -0.39 is 0 Å². The number of ether oxygens (including phenoxy) is 1. The molecule has 8 nitrogen and oxygen atoms in total. The fourth-order valence-electron chi connectivity index (χ4n) is 4.20. The van der Waals surface area contributed by atoms with Crippen molar-refractivity contribution in [3.63, 3.8) is 0 Å². The zero-order valence-corrected chi connectivity index (χ0v) is 20.2. The molecule has 0 spiro atoms. The highest BCUT2D eigenvalue weighted by Crippen LogP contribution is 2.30. The number of rotatable bonds is 8. The molecule has 3 aromatic carbocycles. The molecule has 176 valence electrons. The Labute approximate surface area is 206 Å². The number of benzene rings is 3. The Morgan fingerprint density at radius 1 is 1.03 bits per heavy atom. The van der Waals surface area contributed by atoms with Crippen LogP contribution in [0.5, 0.6) is 0 Å². The second-order valence-corrected chi connectivity index (χ2v) is 8.80. The van der Waals surface area contributed by atoms with Crippen LogP contribution in [-0.2, 0) is 17.0 Å². The summed E-state index contributed by atoms with van der Waals surface area (Å²) < 4.78 is 7.44. The molecule has 0 fully saturated rings. The van der Waals surface area contributed by atoms with Crippen LogP contribution in [0, 0.1) is 0 Å². The van der Waals surface area contributed by atoms with Crippen LogP contribution in [0.2, 0.25) is 0 Å². The van der Waals surface area contributed by atoms with E-state index in [-0.39, 0.29) is 5.97 Å². The lowest BCUT2D eigenvalue weighted by Crippen LogP contribution is -2.10. The number of imidazole rings is 1. The molecule has 0 bridgehead atoms. The monoisotopic (exact) mass is 484 g/mol. The van der Waals surface area contributed by atoms with Crippen molar-refractivity contribution in [2.24, 2.45) is 0 Å². The number of para-hydroxylation sites is 1. The summed E-state index contributed by atoms with van der Waals surface area (Å²) in [5, 5.41) is 14.3. The average molecular weight is 485 g/mol. The maximum absolute atomic E-state index is 12.7. The Hall–Kier alpha value is -3.98. The topological polar surface area (TPSA) is 98.6 Å². The number of nitrogens with zero attached hydrogens (tertiary/aromatic N) is 5. The molecule has 0 aliphatic rings. The van der Waals surface area contributed by atoms with Crippen molar-refractivity contribution in [1.29, 1.82) is 0 Å². The van der Waals surface area contributed by atoms with Crippen LogP contribution in [0.4, 0.5) is 0 Å². The normalized spacial score (nSPS) is 11.1. The van der Waals surface area contributed by atoms with E-state index in [0.29, 0.717) is 24.5 Å². The highest BCUT2D eigenvalue weighted by molar-refractivity contribution is 7.97. The lowest BCUT2D eigenvalue weighted by Gasteiger charge is -2.13. The lowest BCUT2D eigenvalue weighted by atomic mass is 9.98. The minimum atomic E-state index is -0.330. The molecule has 0 saturated heterocycles. The quantitative estimate of drug-likeness (QED) is 0.310. The average Bonchev–Trinajstić information content (AvgIpc) is 3.54. The molecule has 0 radical (unpaired) electrons. The Bertz CT molecular complexity index is 1460. The van der Waals surface area contributed by atoms with Gasteiger partial charge in [0.25, 0.3) is 0 Å². The van der Waals surface area contributed by atoms with Crippen LogP contribution < -0.4 is 0 Å². The number of H-pyrrole nitrogens is 1. The largest absolute Gasteiger partial charge is 0.462 e. The SMILES string of the molecule is CCOC(=O)c1cccc2nc(CSC)n(Cc3ccc(-c4ccccc4-c4nnn[nH]4)cc3)c12. The van der Waals surface area contributed by atoms with Gasteiger partial charge in [0.05, 0.1) is 29.0 Å². The predicted molar refractivity (Wildman–Crippen MR) is 137 cm³/mol. The van der Waals surface area contributed by atoms with Crippen molar-refractivity contribution in [3.05, 3.63) is 83.7 Å². The molecule has 9 heteroatoms. The predicted octanol–water partition coefficient (Wildman–Crippen LogP) is 4.97. The molecule has 0 aliphatic carbocycles. The van der Waals surface area contributed by atoms with E-state index in [1.54, 1.807) is 17.8 Å². The Kier molecular flexibility index (Phi) is 6.58. The molecule has 1 N–H and O–H groups in total. The number of fused-ring (bicyclic) bond motifs is 1. The number of aromatic nitrogens is 6. The van der Waals surface area contributed by atoms with Crippen LogP contribution in [0.1, 0.15) is 28.7 Å². The molecule has 0 unspecified atom stereocenters. The third-order valence-electron chi connectivity index (χ3n) is 5.75. The van der Waals surface area contributed by atoms with Gasteiger partial charge >= 0.3 is 5.97 Å². The molecule has 0 saturated carbocycles. The van der Waals surface area contributed by atoms with Crippen molar-refractivity contribution in [2.45, 2.75) is 19.2 Å². The van der Waals surface area contributed by atoms with Gasteiger partial charge in [-0.25, -0.2) is 14.9 Å². The van der Waals surface area contributed by atoms with Gasteiger partial charge in [-0.15, -0.1) is 5.10 Å². The van der Waals surface area contributed by atoms with Gasteiger partial charge in [-0.1, -0.05) is 54.6 Å². The van der Waals surface area contributed by atoms with Gasteiger partial charge in [0.2, 0.25) is 0 Å². The highest BCUT2D eigenvalue weighted by Gasteiger charge is 2.19. The van der Waals surface area contributed by atoms with Crippen LogP contribution in [0.25, 0.3) is 33.5 Å². The lowest BCUT2D eigenvalue weighted by molar-refractivity contribution is 0.0528. The summed E-state index contributed by atoms with van der Waals surface area (Å²) in [7, 11) is 0. The van der Waals surface area contributed by atoms with E-state index in [0.717, 1.165) is 44.9 Å². The molecule has 0 aliphatic heterocycles. The zero-order chi connectivity index (χ0) is 24.2. The van der Waals surface area contributed by atoms with Gasteiger partial charge in [0.15, 0.2) is 5.82 Å². The third-order valence-corrected chi connectivity index (χ3v) is 6.29. The number of nitrogens with one attached hydrogen (secondary N) is 1. The van der Waals surface area contributed by atoms with E-state index in [2.05, 4.69) is 55.5 Å². The molecule has 5 rings (SSSR count). The number of hydrogen-bond donors (Lipinski definition) is 1. The highest BCUT2D eigenvalue weighted by atomic mass is 32.2. The van der Waals surface area contributed by atoms with Crippen molar-refractivity contribution < 1.29 is 9.53 Å². The van der Waals surface area contributed by atoms with Crippen LogP contribution in [-0.4, -0.2) is 49.0 Å². The molecular weight excluding hydrogens is 460 g/mol. The van der Waals surface area contributed by atoms with Gasteiger partial charge in [-0.3, -0.25) is 0 Å². The number of carbonyl (C=O) groups is 1. The van der Waals surface area contributed by atoms with E-state index in [4.69, 9.17) is 9.72 Å². The fraction of sp³-hybridized carbons (Fsp3) is 0.192. The van der Waals surface area contributed by atoms with E-state index >= 15 is 0 Å². The summed E-state index contributed by atoms with van der Waals surface area (Å²) in [6.45, 7) is 2.73. The number of hydrogen-bond acceptors (Lipinski definition) is 7. The molecular formula is C26H24N6O2S. The van der Waals surface area contributed by atoms with Gasteiger partial charge < -0.3 is 9.30 Å². The maximum atomic E-state index is 12.7. The van der Waals surface area contributed by atoms with Gasteiger partial charge in [0, 0.05) is 12.1 Å². The first-order valence-electron chi connectivity index (χ1n) is 11.3. The molecule has 0 atom stereocenters. The molecule has 35 heavy (non-hydrogen) atoms. The Morgan fingerprint density at radius 2 is 1.83 bits per heavy atom. The summed E-state index contributed by atoms with van der Waals surface area (Å²) in [5.41, 5.74) is 6.29. The number of thioether (sulfide) groups is 1. The minimum absolute atomic E-state index is 0.327. The second-order valence-electron chi connectivity index (χ2n) is 7.93. The van der Waals surface area contributed by atoms with Crippen molar-refractivity contribution >= 4 is 28.8 Å². The summed E-state index contributed by atoms with van der Waals surface area (Å²) in [6.07, 6.45) is 2.05. The first kappa shape index (κ1) is 22.8. The molecule has 5 aromatic rings. The molecule has 0 amide bonds. The first-order chi connectivity index (χ1) is 17.2. The summed E-state index contributed by atoms with van der Waals surface area (Å²) in [5.74, 6) is 1.97. The molecule has 2 aromatic heterocycles. The smallest absolute Gasteiger partial charge is 0.340 e. The van der Waals surface area contributed by atoms with Crippen molar-refractivity contribution in [2.75, 3.05) is 12.9 Å². The third kappa shape index (κ3) is 4.54. The van der Waals surface area contributed by atoms with Crippen molar-refractivity contribution in [1.82, 2.24) is 30.2 Å². The number of tetrazole rings is 1. The van der Waals surface area contributed by atoms with Crippen LogP contribution in [0.15, 0.2) is 66.7 Å². The minimum Gasteiger partial charge on any atom is -0.462 e. The summed E-state index contributed by atoms with van der Waals surface area (Å²) >= 11 is 1.70. The van der Waals surface area contributed by atoms with Gasteiger partial charge in [-0.2, -0.15) is 11.8 Å². The van der Waals surface area contributed by atoms with Gasteiger partial charge in [-0.05, 0) is 52.4 Å². The van der Waals surface area contributed by atoms with Gasteiger partial charge in [0.1, 0.15) is 5.82 Å². The molecule has 2 heterocycles. The van der Waals surface area contributed by atoms with Crippen LogP contribution >= 0.6 is 11.8 Å². The van der Waals surface area contributed by atoms with Crippen LogP contribution in [0.3, 0.4) is 0 Å². The number of esters is 1. The number of aromatic amines is 1. The van der Waals surface area contributed by atoms with E-state index in [1.165, 1.54) is 0 Å². The maximum Gasteiger partial charge on any atom is 0.340 e. The Balaban J connectivity index is 1.52. The van der Waals surface area contributed by atoms with Crippen molar-refractivity contribution in [3.8, 4) is 22.5 Å². The van der Waals surface area contributed by atoms with E-state index in [9.17, 15) is 4.79 Å². The summed E-state index contributed by atoms with van der Waals surface area (Å²) in [6, 6.07) is 22.0. The standard InChI is InChI=1S/C26H24N6O2S/c1-3-34-26(33)21-9-6-10-22-24(21)32(23(27-22)16-35-2)15-17-11-13-18(14-12-17)19-7-4-5-8-20(19)25-28-30-31-29-25/h4-14H,3,15-16H2,1-2H3,(H,28,29,30,31). The Morgan fingerprint density at radius 3 is 2.54 bits per heavy atom. The van der Waals surface area contributed by atoms with E-state index in [1.807, 2.05) is 43.5 Å². The first-order valence-corrected chi connectivity index (χ1v) is 12.7. The fourth-order valence-corrected chi connectivity index (χ4v) is 4.68. The summed E-state index contributed by atoms with van der Waals surface area (Å²) in [4.78, 5) is 17.5. The zero-order valence-electron chi connectivity index (χ0n) is 19.4. The number of carbonyl (C=O) groups excluding carboxylic acids is 1.